The molecule has 0 saturated carbocycles. The van der Waals surface area contributed by atoms with Crippen molar-refractivity contribution in [2.75, 3.05) is 0 Å². The zero-order valence-electron chi connectivity index (χ0n) is 6.19. The number of hydrogen-bond acceptors (Lipinski definition) is 3. The molecule has 0 fully saturated rings. The number of rotatable bonds is 2. The lowest BCUT2D eigenvalue weighted by atomic mass is 10.2. The van der Waals surface area contributed by atoms with Crippen molar-refractivity contribution in [2.45, 2.75) is 4.90 Å². The number of carboxylic acids is 1. The van der Waals surface area contributed by atoms with Crippen molar-refractivity contribution in [3.8, 4) is 0 Å². The lowest BCUT2D eigenvalue weighted by Crippen LogP contribution is -1.99. The van der Waals surface area contributed by atoms with Crippen molar-refractivity contribution < 1.29 is 18.7 Å². The fraction of sp³-hybridized carbons (Fsp3) is 0. The highest BCUT2D eigenvalue weighted by Gasteiger charge is 2.06. The van der Waals surface area contributed by atoms with Crippen molar-refractivity contribution >= 4 is 33.0 Å². The summed E-state index contributed by atoms with van der Waals surface area (Å²) in [5.41, 5.74) is -0.0533. The van der Waals surface area contributed by atoms with Gasteiger partial charge in [-0.25, -0.2) is 4.79 Å². The molecule has 0 aliphatic rings. The van der Waals surface area contributed by atoms with E-state index in [1.54, 1.807) is 0 Å². The Balaban J connectivity index is 3.27. The third kappa shape index (κ3) is 2.36. The molecular formula is C7H4BrO4S-. The molecule has 0 heterocycles. The zero-order chi connectivity index (χ0) is 10.0. The number of hydrogen-bond donors (Lipinski definition) is 1. The predicted molar refractivity (Wildman–Crippen MR) is 48.3 cm³/mol. The van der Waals surface area contributed by atoms with Crippen LogP contribution in [0.4, 0.5) is 0 Å². The maximum absolute atomic E-state index is 10.6. The molecule has 1 N–H and O–H groups in total. The van der Waals surface area contributed by atoms with E-state index >= 15 is 0 Å². The van der Waals surface area contributed by atoms with Crippen LogP contribution in [0, 0.1) is 0 Å². The van der Waals surface area contributed by atoms with Crippen molar-refractivity contribution in [3.63, 3.8) is 0 Å². The van der Waals surface area contributed by atoms with E-state index in [9.17, 15) is 13.6 Å². The van der Waals surface area contributed by atoms with Crippen LogP contribution < -0.4 is 0 Å². The van der Waals surface area contributed by atoms with Crippen LogP contribution >= 0.6 is 15.9 Å². The molecular weight excluding hydrogens is 260 g/mol. The Morgan fingerprint density at radius 1 is 1.54 bits per heavy atom. The first-order valence-electron chi connectivity index (χ1n) is 3.14. The van der Waals surface area contributed by atoms with Gasteiger partial charge in [-0.05, 0) is 45.2 Å². The van der Waals surface area contributed by atoms with E-state index in [0.29, 0.717) is 4.47 Å². The second kappa shape index (κ2) is 3.99. The quantitative estimate of drug-likeness (QED) is 0.818. The highest BCUT2D eigenvalue weighted by Crippen LogP contribution is 2.20. The Morgan fingerprint density at radius 2 is 2.15 bits per heavy atom. The topological polar surface area (TPSA) is 77.4 Å². The molecule has 6 heteroatoms. The molecule has 1 rings (SSSR count). The highest BCUT2D eigenvalue weighted by molar-refractivity contribution is 9.10. The molecule has 0 bridgehead atoms. The van der Waals surface area contributed by atoms with Crippen molar-refractivity contribution in [2.24, 2.45) is 0 Å². The van der Waals surface area contributed by atoms with E-state index in [-0.39, 0.29) is 10.5 Å². The molecule has 13 heavy (non-hydrogen) atoms. The first-order valence-corrected chi connectivity index (χ1v) is 5.01. The summed E-state index contributed by atoms with van der Waals surface area (Å²) in [6.45, 7) is 0. The smallest absolute Gasteiger partial charge is 0.335 e. The molecule has 1 aromatic carbocycles. The van der Waals surface area contributed by atoms with Gasteiger partial charge < -0.3 is 9.66 Å². The molecule has 0 aliphatic heterocycles. The Kier molecular flexibility index (Phi) is 3.18. The van der Waals surface area contributed by atoms with E-state index < -0.39 is 17.0 Å². The summed E-state index contributed by atoms with van der Waals surface area (Å²) in [7, 11) is 0. The van der Waals surface area contributed by atoms with E-state index in [1.165, 1.54) is 12.1 Å². The molecule has 0 aliphatic carbocycles. The van der Waals surface area contributed by atoms with Crippen molar-refractivity contribution in [1.29, 1.82) is 0 Å². The van der Waals surface area contributed by atoms with Gasteiger partial charge in [0, 0.05) is 9.37 Å². The molecule has 1 unspecified atom stereocenters. The fourth-order valence-electron chi connectivity index (χ4n) is 0.764. The number of carbonyl (C=O) groups is 1. The Hall–Kier alpha value is -0.720. The monoisotopic (exact) mass is 263 g/mol. The number of carboxylic acid groups (broad SMARTS) is 1. The average molecular weight is 264 g/mol. The van der Waals surface area contributed by atoms with Crippen LogP contribution in [-0.2, 0) is 11.1 Å². The molecule has 70 valence electrons. The number of benzene rings is 1. The molecule has 0 radical (unpaired) electrons. The van der Waals surface area contributed by atoms with Gasteiger partial charge in [-0.1, -0.05) is 0 Å². The van der Waals surface area contributed by atoms with Gasteiger partial charge >= 0.3 is 5.97 Å². The second-order valence-electron chi connectivity index (χ2n) is 2.19. The van der Waals surface area contributed by atoms with E-state index in [2.05, 4.69) is 15.9 Å². The third-order valence-corrected chi connectivity index (χ3v) is 3.01. The standard InChI is InChI=1S/C7H5BrO4S/c8-5-2-1-4(7(9)10)3-6(5)13(11)12/h1-3H,(H,9,10)(H,11,12)/p-1. The van der Waals surface area contributed by atoms with Crippen LogP contribution in [0.3, 0.4) is 0 Å². The number of halogens is 1. The molecule has 0 aromatic heterocycles. The Morgan fingerprint density at radius 3 is 2.62 bits per heavy atom. The lowest BCUT2D eigenvalue weighted by Gasteiger charge is -2.07. The van der Waals surface area contributed by atoms with Crippen LogP contribution in [0.5, 0.6) is 0 Å². The third-order valence-electron chi connectivity index (χ3n) is 1.36. The SMILES string of the molecule is O=C(O)c1ccc(Br)c(S(=O)[O-])c1. The van der Waals surface area contributed by atoms with Crippen LogP contribution in [0.2, 0.25) is 0 Å². The van der Waals surface area contributed by atoms with Crippen LogP contribution in [0.1, 0.15) is 10.4 Å². The first-order chi connectivity index (χ1) is 6.02. The summed E-state index contributed by atoms with van der Waals surface area (Å²) in [6, 6.07) is 3.80. The summed E-state index contributed by atoms with van der Waals surface area (Å²) in [6.07, 6.45) is 0. The molecule has 0 spiro atoms. The van der Waals surface area contributed by atoms with Gasteiger partial charge in [-0.3, -0.25) is 4.21 Å². The molecule has 1 atom stereocenters. The first kappa shape index (κ1) is 10.4. The summed E-state index contributed by atoms with van der Waals surface area (Å²) >= 11 is 0.567. The van der Waals surface area contributed by atoms with Crippen LogP contribution in [0.25, 0.3) is 0 Å². The van der Waals surface area contributed by atoms with Crippen LogP contribution in [0.15, 0.2) is 27.6 Å². The van der Waals surface area contributed by atoms with Gasteiger partial charge in [0.15, 0.2) is 0 Å². The summed E-state index contributed by atoms with van der Waals surface area (Å²) < 4.78 is 21.5. The normalized spacial score (nSPS) is 12.5. The van der Waals surface area contributed by atoms with Gasteiger partial charge in [0.1, 0.15) is 0 Å². The summed E-state index contributed by atoms with van der Waals surface area (Å²) in [5, 5.41) is 8.57. The maximum atomic E-state index is 10.6. The summed E-state index contributed by atoms with van der Waals surface area (Å²) in [4.78, 5) is 10.4. The minimum atomic E-state index is -2.43. The molecule has 0 saturated heterocycles. The zero-order valence-corrected chi connectivity index (χ0v) is 8.59. The maximum Gasteiger partial charge on any atom is 0.335 e. The van der Waals surface area contributed by atoms with Gasteiger partial charge in [-0.2, -0.15) is 0 Å². The van der Waals surface area contributed by atoms with Gasteiger partial charge in [0.2, 0.25) is 0 Å². The van der Waals surface area contributed by atoms with Gasteiger partial charge in [-0.15, -0.1) is 0 Å². The summed E-state index contributed by atoms with van der Waals surface area (Å²) in [5.74, 6) is -1.15. The van der Waals surface area contributed by atoms with E-state index in [1.807, 2.05) is 0 Å². The van der Waals surface area contributed by atoms with Crippen molar-refractivity contribution in [3.05, 3.63) is 28.2 Å². The molecule has 4 nitrogen and oxygen atoms in total. The van der Waals surface area contributed by atoms with Gasteiger partial charge in [0.25, 0.3) is 0 Å². The average Bonchev–Trinajstić information content (AvgIpc) is 2.04. The van der Waals surface area contributed by atoms with Crippen molar-refractivity contribution in [1.82, 2.24) is 0 Å². The van der Waals surface area contributed by atoms with E-state index in [0.717, 1.165) is 6.07 Å². The lowest BCUT2D eigenvalue weighted by molar-refractivity contribution is 0.0696. The Bertz CT molecular complexity index is 377. The van der Waals surface area contributed by atoms with E-state index in [4.69, 9.17) is 5.11 Å². The molecule has 0 amide bonds. The predicted octanol–water partition coefficient (Wildman–Crippen LogP) is 1.39. The minimum absolute atomic E-state index is 0.0533. The Labute approximate surface area is 85.0 Å². The molecule has 1 aromatic rings. The minimum Gasteiger partial charge on any atom is -0.768 e. The largest absolute Gasteiger partial charge is 0.768 e. The van der Waals surface area contributed by atoms with Gasteiger partial charge in [0.05, 0.1) is 5.56 Å². The second-order valence-corrected chi connectivity index (χ2v) is 3.95. The number of aromatic carboxylic acids is 1. The highest BCUT2D eigenvalue weighted by atomic mass is 79.9. The fourth-order valence-corrected chi connectivity index (χ4v) is 1.86. The van der Waals surface area contributed by atoms with Crippen LogP contribution in [-0.4, -0.2) is 19.8 Å².